The van der Waals surface area contributed by atoms with Crippen LogP contribution in [-0.4, -0.2) is 27.3 Å². The molecule has 152 valence electrons. The summed E-state index contributed by atoms with van der Waals surface area (Å²) >= 11 is 0. The van der Waals surface area contributed by atoms with Crippen LogP contribution in [0.1, 0.15) is 11.1 Å². The molecule has 0 fully saturated rings. The molecule has 0 saturated heterocycles. The number of aryl methyl sites for hydroxylation is 1. The van der Waals surface area contributed by atoms with Crippen LogP contribution in [0.4, 0.5) is 0 Å². The second-order valence-electron chi connectivity index (χ2n) is 6.53. The Hall–Kier alpha value is -3.39. The van der Waals surface area contributed by atoms with Crippen molar-refractivity contribution in [3.63, 3.8) is 0 Å². The van der Waals surface area contributed by atoms with Crippen LogP contribution in [0.2, 0.25) is 0 Å². The highest BCUT2D eigenvalue weighted by atomic mass is 16.5. The first-order valence-electron chi connectivity index (χ1n) is 9.26. The van der Waals surface area contributed by atoms with Crippen molar-refractivity contribution in [2.24, 2.45) is 14.1 Å². The molecular weight excluding hydrogens is 372 g/mol. The third-order valence-corrected chi connectivity index (χ3v) is 4.30. The molecular formula is C21H24N4O4. The summed E-state index contributed by atoms with van der Waals surface area (Å²) in [5.74, 6) is 1.33. The van der Waals surface area contributed by atoms with Gasteiger partial charge in [0, 0.05) is 51.2 Å². The number of benzene rings is 1. The van der Waals surface area contributed by atoms with E-state index in [0.717, 1.165) is 15.9 Å². The van der Waals surface area contributed by atoms with Crippen LogP contribution >= 0.6 is 0 Å². The van der Waals surface area contributed by atoms with E-state index in [2.05, 4.69) is 10.3 Å². The largest absolute Gasteiger partial charge is 0.490 e. The summed E-state index contributed by atoms with van der Waals surface area (Å²) in [6.45, 7) is 1.73. The van der Waals surface area contributed by atoms with Crippen LogP contribution in [0.15, 0.2) is 64.4 Å². The molecule has 0 amide bonds. The van der Waals surface area contributed by atoms with Gasteiger partial charge in [0.15, 0.2) is 0 Å². The molecule has 0 radical (unpaired) electrons. The van der Waals surface area contributed by atoms with Crippen LogP contribution in [0.5, 0.6) is 11.6 Å². The molecule has 0 unspecified atom stereocenters. The number of para-hydroxylation sites is 1. The van der Waals surface area contributed by atoms with Crippen molar-refractivity contribution < 1.29 is 9.47 Å². The van der Waals surface area contributed by atoms with Crippen LogP contribution < -0.4 is 26.0 Å². The number of nitrogens with one attached hydrogen (secondary N) is 1. The Morgan fingerprint density at radius 3 is 2.45 bits per heavy atom. The Morgan fingerprint density at radius 2 is 1.72 bits per heavy atom. The Morgan fingerprint density at radius 1 is 0.966 bits per heavy atom. The van der Waals surface area contributed by atoms with Crippen LogP contribution in [-0.2, 0) is 27.2 Å². The molecule has 1 N–H and O–H groups in total. The van der Waals surface area contributed by atoms with E-state index in [4.69, 9.17) is 9.47 Å². The lowest BCUT2D eigenvalue weighted by Gasteiger charge is -2.09. The molecule has 0 aliphatic rings. The van der Waals surface area contributed by atoms with Gasteiger partial charge in [-0.25, -0.2) is 9.78 Å². The standard InChI is InChI=1S/C21H24N4O4/c1-24-15-17(20(26)25(2)21(24)27)14-22-12-16-8-9-19(23-13-16)29-11-10-28-18-6-4-3-5-7-18/h3-9,13,15,22H,10-12,14H2,1-2H3. The normalized spacial score (nSPS) is 10.7. The van der Waals surface area contributed by atoms with Gasteiger partial charge in [-0.3, -0.25) is 9.36 Å². The van der Waals surface area contributed by atoms with Gasteiger partial charge in [0.1, 0.15) is 19.0 Å². The zero-order valence-electron chi connectivity index (χ0n) is 16.5. The molecule has 2 heterocycles. The first kappa shape index (κ1) is 20.3. The highest BCUT2D eigenvalue weighted by Crippen LogP contribution is 2.10. The minimum absolute atomic E-state index is 0.291. The summed E-state index contributed by atoms with van der Waals surface area (Å²) < 4.78 is 13.6. The second-order valence-corrected chi connectivity index (χ2v) is 6.53. The predicted molar refractivity (Wildman–Crippen MR) is 109 cm³/mol. The lowest BCUT2D eigenvalue weighted by Crippen LogP contribution is -2.39. The fourth-order valence-electron chi connectivity index (χ4n) is 2.77. The highest BCUT2D eigenvalue weighted by molar-refractivity contribution is 5.21. The summed E-state index contributed by atoms with van der Waals surface area (Å²) in [7, 11) is 3.10. The Bertz CT molecular complexity index is 1040. The zero-order chi connectivity index (χ0) is 20.6. The number of hydrogen-bond acceptors (Lipinski definition) is 6. The SMILES string of the molecule is Cn1cc(CNCc2ccc(OCCOc3ccccc3)nc2)c(=O)n(C)c1=O. The number of pyridine rings is 1. The quantitative estimate of drug-likeness (QED) is 0.548. The molecule has 0 saturated carbocycles. The Labute approximate surface area is 168 Å². The molecule has 1 aromatic carbocycles. The van der Waals surface area contributed by atoms with E-state index < -0.39 is 0 Å². The number of nitrogens with zero attached hydrogens (tertiary/aromatic N) is 3. The van der Waals surface area contributed by atoms with E-state index in [0.29, 0.717) is 37.7 Å². The Balaban J connectivity index is 1.44. The van der Waals surface area contributed by atoms with Gasteiger partial charge in [-0.2, -0.15) is 0 Å². The van der Waals surface area contributed by atoms with Crippen molar-refractivity contribution >= 4 is 0 Å². The predicted octanol–water partition coefficient (Wildman–Crippen LogP) is 1.23. The zero-order valence-corrected chi connectivity index (χ0v) is 16.5. The maximum absolute atomic E-state index is 12.1. The van der Waals surface area contributed by atoms with Gasteiger partial charge >= 0.3 is 5.69 Å². The highest BCUT2D eigenvalue weighted by Gasteiger charge is 2.06. The summed E-state index contributed by atoms with van der Waals surface area (Å²) in [5, 5.41) is 3.19. The minimum Gasteiger partial charge on any atom is -0.490 e. The van der Waals surface area contributed by atoms with Crippen LogP contribution in [0.25, 0.3) is 0 Å². The molecule has 3 rings (SSSR count). The molecule has 0 spiro atoms. The second kappa shape index (κ2) is 9.70. The van der Waals surface area contributed by atoms with E-state index >= 15 is 0 Å². The fourth-order valence-corrected chi connectivity index (χ4v) is 2.77. The average Bonchev–Trinajstić information content (AvgIpc) is 2.75. The molecule has 8 heteroatoms. The lowest BCUT2D eigenvalue weighted by atomic mass is 10.2. The molecule has 0 aliphatic carbocycles. The summed E-state index contributed by atoms with van der Waals surface area (Å²) in [6.07, 6.45) is 3.28. The summed E-state index contributed by atoms with van der Waals surface area (Å²) in [4.78, 5) is 28.1. The van der Waals surface area contributed by atoms with E-state index in [9.17, 15) is 9.59 Å². The number of aromatic nitrogens is 3. The fraction of sp³-hybridized carbons (Fsp3) is 0.286. The van der Waals surface area contributed by atoms with Crippen molar-refractivity contribution in [2.75, 3.05) is 13.2 Å². The lowest BCUT2D eigenvalue weighted by molar-refractivity contribution is 0.212. The van der Waals surface area contributed by atoms with Gasteiger partial charge in [-0.1, -0.05) is 24.3 Å². The first-order chi connectivity index (χ1) is 14.0. The van der Waals surface area contributed by atoms with Gasteiger partial charge in [0.25, 0.3) is 5.56 Å². The van der Waals surface area contributed by atoms with Crippen molar-refractivity contribution in [1.29, 1.82) is 0 Å². The van der Waals surface area contributed by atoms with Gasteiger partial charge in [-0.15, -0.1) is 0 Å². The summed E-state index contributed by atoms with van der Waals surface area (Å²) in [5.41, 5.74) is 0.855. The van der Waals surface area contributed by atoms with Crippen molar-refractivity contribution in [3.05, 3.63) is 86.8 Å². The molecule has 8 nitrogen and oxygen atoms in total. The molecule has 3 aromatic rings. The average molecular weight is 396 g/mol. The monoisotopic (exact) mass is 396 g/mol. The molecule has 0 atom stereocenters. The number of hydrogen-bond donors (Lipinski definition) is 1. The maximum Gasteiger partial charge on any atom is 0.330 e. The molecule has 29 heavy (non-hydrogen) atoms. The number of rotatable bonds is 9. The molecule has 0 bridgehead atoms. The first-order valence-corrected chi connectivity index (χ1v) is 9.26. The Kier molecular flexibility index (Phi) is 6.80. The van der Waals surface area contributed by atoms with E-state index in [1.54, 1.807) is 25.5 Å². The third kappa shape index (κ3) is 5.55. The van der Waals surface area contributed by atoms with Crippen LogP contribution in [0, 0.1) is 0 Å². The van der Waals surface area contributed by atoms with E-state index in [1.165, 1.54) is 11.6 Å². The van der Waals surface area contributed by atoms with Crippen molar-refractivity contribution in [1.82, 2.24) is 19.4 Å². The summed E-state index contributed by atoms with van der Waals surface area (Å²) in [6, 6.07) is 13.3. The molecule has 0 aliphatic heterocycles. The topological polar surface area (TPSA) is 87.4 Å². The smallest absolute Gasteiger partial charge is 0.330 e. The third-order valence-electron chi connectivity index (χ3n) is 4.30. The molecule has 2 aromatic heterocycles. The van der Waals surface area contributed by atoms with Crippen molar-refractivity contribution in [2.45, 2.75) is 13.1 Å². The van der Waals surface area contributed by atoms with Gasteiger partial charge < -0.3 is 19.4 Å². The minimum atomic E-state index is -0.340. The van der Waals surface area contributed by atoms with Gasteiger partial charge in [-0.05, 0) is 17.7 Å². The number of ether oxygens (including phenoxy) is 2. The van der Waals surface area contributed by atoms with E-state index in [1.807, 2.05) is 36.4 Å². The van der Waals surface area contributed by atoms with Gasteiger partial charge in [0.05, 0.1) is 0 Å². The maximum atomic E-state index is 12.1. The van der Waals surface area contributed by atoms with Crippen LogP contribution in [0.3, 0.4) is 0 Å². The van der Waals surface area contributed by atoms with Crippen molar-refractivity contribution in [3.8, 4) is 11.6 Å². The van der Waals surface area contributed by atoms with Gasteiger partial charge in [0.2, 0.25) is 5.88 Å². The van der Waals surface area contributed by atoms with E-state index in [-0.39, 0.29) is 11.2 Å².